The number of benzene rings is 5. The van der Waals surface area contributed by atoms with Gasteiger partial charge in [-0.2, -0.15) is 0 Å². The molecule has 0 saturated carbocycles. The van der Waals surface area contributed by atoms with E-state index in [1.54, 1.807) is 30.3 Å². The fourth-order valence-corrected chi connectivity index (χ4v) is 15.6. The number of H-pyrrole nitrogens is 1. The number of aromatic nitrogens is 2. The first-order valence-electron chi connectivity index (χ1n) is 18.1. The monoisotopic (exact) mass is 794 g/mol. The van der Waals surface area contributed by atoms with Crippen LogP contribution in [-0.4, -0.2) is 53.6 Å². The maximum absolute atomic E-state index is 13.5. The van der Waals surface area contributed by atoms with Crippen LogP contribution in [0.1, 0.15) is 50.1 Å². The molecule has 2 heterocycles. The summed E-state index contributed by atoms with van der Waals surface area (Å²) in [5, 5.41) is 0. The fourth-order valence-electron chi connectivity index (χ4n) is 6.91. The second-order valence-electron chi connectivity index (χ2n) is 13.6. The zero-order valence-electron chi connectivity index (χ0n) is 30.5. The second-order valence-corrected chi connectivity index (χ2v) is 21.4. The van der Waals surface area contributed by atoms with E-state index >= 15 is 0 Å². The molecule has 276 valence electrons. The number of aryl methyl sites for hydroxylation is 2. The van der Waals surface area contributed by atoms with E-state index in [0.717, 1.165) is 11.1 Å². The molecule has 1 aromatic heterocycles. The third kappa shape index (κ3) is 8.23. The van der Waals surface area contributed by atoms with Gasteiger partial charge in [-0.05, 0) is 26.0 Å². The number of carbonyl (C=O) groups excluding carboxylic acids is 2. The first kappa shape index (κ1) is 37.3. The molecule has 0 aliphatic carbocycles. The van der Waals surface area contributed by atoms with Gasteiger partial charge in [0.1, 0.15) is 0 Å². The van der Waals surface area contributed by atoms with E-state index in [2.05, 4.69) is 46.3 Å². The summed E-state index contributed by atoms with van der Waals surface area (Å²) in [5.41, 5.74) is 1.72. The minimum Gasteiger partial charge on any atom is -0.0585 e. The summed E-state index contributed by atoms with van der Waals surface area (Å²) < 4.78 is 22.7. The Morgan fingerprint density at radius 3 is 1.73 bits per heavy atom. The van der Waals surface area contributed by atoms with E-state index in [0.29, 0.717) is 11.1 Å². The summed E-state index contributed by atoms with van der Waals surface area (Å²) in [6.45, 7) is 3.60. The zero-order chi connectivity index (χ0) is 38.4. The SMILES string of the molecule is Cc1ccc(C(=O)OC[C@H]2O[C@@H](n3cc(/C=[CH]/[Ge]([c]4ccccc4)([c]4ccccc4)[c]4ccccc4)c(=O)[nH]c3=O)C[C@@H]2OC(=O)c2ccc(C)cc2)cc1. The molecule has 9 nitrogen and oxygen atoms in total. The molecule has 0 bridgehead atoms. The van der Waals surface area contributed by atoms with Crippen LogP contribution < -0.4 is 24.4 Å². The number of hydrogen-bond donors (Lipinski definition) is 1. The Morgan fingerprint density at radius 2 is 1.22 bits per heavy atom. The van der Waals surface area contributed by atoms with Gasteiger partial charge in [0.2, 0.25) is 0 Å². The molecule has 0 amide bonds. The predicted octanol–water partition coefficient (Wildman–Crippen LogP) is 5.25. The van der Waals surface area contributed by atoms with Crippen molar-refractivity contribution in [3.8, 4) is 0 Å². The van der Waals surface area contributed by atoms with Crippen molar-refractivity contribution in [1.82, 2.24) is 9.55 Å². The van der Waals surface area contributed by atoms with Crippen molar-refractivity contribution in [3.63, 3.8) is 0 Å². The Kier molecular flexibility index (Phi) is 11.2. The molecule has 1 fully saturated rings. The third-order valence-corrected chi connectivity index (χ3v) is 19.1. The fraction of sp³-hybridized carbons (Fsp3) is 0.156. The normalized spacial score (nSPS) is 16.9. The predicted molar refractivity (Wildman–Crippen MR) is 215 cm³/mol. The number of rotatable bonds is 11. The van der Waals surface area contributed by atoms with E-state index < -0.39 is 54.9 Å². The van der Waals surface area contributed by atoms with Crippen molar-refractivity contribution in [1.29, 1.82) is 0 Å². The van der Waals surface area contributed by atoms with Crippen LogP contribution in [0.5, 0.6) is 0 Å². The number of nitrogens with zero attached hydrogens (tertiary/aromatic N) is 1. The van der Waals surface area contributed by atoms with Crippen LogP contribution in [0.15, 0.2) is 160 Å². The number of hydrogen-bond acceptors (Lipinski definition) is 7. The minimum atomic E-state index is -3.61. The van der Waals surface area contributed by atoms with Crippen LogP contribution in [0, 0.1) is 13.8 Å². The van der Waals surface area contributed by atoms with E-state index in [1.807, 2.05) is 92.7 Å². The van der Waals surface area contributed by atoms with E-state index in [4.69, 9.17) is 14.2 Å². The van der Waals surface area contributed by atoms with Gasteiger partial charge < -0.3 is 0 Å². The van der Waals surface area contributed by atoms with Crippen molar-refractivity contribution in [2.45, 2.75) is 38.7 Å². The summed E-state index contributed by atoms with van der Waals surface area (Å²) in [4.78, 5) is 57.8. The summed E-state index contributed by atoms with van der Waals surface area (Å²) in [7, 11) is 0. The smallest absolute Gasteiger partial charge is 0.0585 e. The molecular weight excluding hydrogens is 753 g/mol. The van der Waals surface area contributed by atoms with Crippen LogP contribution in [0.4, 0.5) is 0 Å². The number of nitrogens with one attached hydrogen (secondary N) is 1. The van der Waals surface area contributed by atoms with Gasteiger partial charge in [0.15, 0.2) is 0 Å². The number of esters is 2. The van der Waals surface area contributed by atoms with Gasteiger partial charge in [0.05, 0.1) is 0 Å². The van der Waals surface area contributed by atoms with Crippen molar-refractivity contribution in [3.05, 3.63) is 199 Å². The van der Waals surface area contributed by atoms with Crippen molar-refractivity contribution >= 4 is 44.5 Å². The Balaban J connectivity index is 1.23. The van der Waals surface area contributed by atoms with Gasteiger partial charge in [-0.3, -0.25) is 0 Å². The molecule has 7 rings (SSSR count). The summed E-state index contributed by atoms with van der Waals surface area (Å²) in [6, 6.07) is 44.8. The summed E-state index contributed by atoms with van der Waals surface area (Å²) >= 11 is -3.61. The Bertz CT molecular complexity index is 2310. The zero-order valence-corrected chi connectivity index (χ0v) is 32.6. The third-order valence-electron chi connectivity index (χ3n) is 9.90. The summed E-state index contributed by atoms with van der Waals surface area (Å²) in [5.74, 6) is -1.14. The molecule has 55 heavy (non-hydrogen) atoms. The van der Waals surface area contributed by atoms with Gasteiger partial charge in [0.25, 0.3) is 0 Å². The van der Waals surface area contributed by atoms with Gasteiger partial charge >= 0.3 is 261 Å². The van der Waals surface area contributed by atoms with E-state index in [1.165, 1.54) is 24.0 Å². The number of ether oxygens (including phenoxy) is 3. The average molecular weight is 793 g/mol. The topological polar surface area (TPSA) is 117 Å². The second kappa shape index (κ2) is 16.5. The Labute approximate surface area is 321 Å². The molecule has 0 radical (unpaired) electrons. The maximum atomic E-state index is 13.5. The molecule has 3 atom stereocenters. The molecule has 1 saturated heterocycles. The van der Waals surface area contributed by atoms with E-state index in [9.17, 15) is 19.2 Å². The summed E-state index contributed by atoms with van der Waals surface area (Å²) in [6.07, 6.45) is 0.628. The molecule has 0 unspecified atom stereocenters. The molecule has 0 spiro atoms. The number of aromatic amines is 1. The van der Waals surface area contributed by atoms with Crippen molar-refractivity contribution in [2.24, 2.45) is 0 Å². The molecule has 10 heteroatoms. The average Bonchev–Trinajstić information content (AvgIpc) is 3.61. The van der Waals surface area contributed by atoms with Crippen LogP contribution >= 0.6 is 0 Å². The van der Waals surface area contributed by atoms with E-state index in [-0.39, 0.29) is 18.6 Å². The standard InChI is InChI=1S/C45H40GeN2O7/c1-31-18-22-33(23-19-31)43(50)53-30-40-39(55-44(51)34-24-20-32(2)21-25-34)28-41(54-40)48-29-35(42(49)47-45(48)52)26-27-46(36-12-6-3-7-13-36,37-14-8-4-9-15-37)38-16-10-5-11-17-38/h3-27,29,39-41H,28,30H2,1-2H3,(H,47,49,52)/b27-26+/t39-,40+,41+/m0/s1. The molecule has 5 aromatic carbocycles. The van der Waals surface area contributed by atoms with Gasteiger partial charge in [0, 0.05) is 0 Å². The quantitative estimate of drug-likeness (QED) is 0.141. The van der Waals surface area contributed by atoms with Crippen LogP contribution in [0.2, 0.25) is 0 Å². The minimum absolute atomic E-state index is 0.0687. The van der Waals surface area contributed by atoms with Crippen molar-refractivity contribution < 1.29 is 23.8 Å². The first-order valence-corrected chi connectivity index (χ1v) is 22.5. The molecule has 1 aliphatic rings. The Hall–Kier alpha value is -6.04. The molecule has 6 aromatic rings. The molecule has 1 N–H and O–H groups in total. The van der Waals surface area contributed by atoms with Crippen molar-refractivity contribution in [2.75, 3.05) is 6.61 Å². The van der Waals surface area contributed by atoms with Crippen LogP contribution in [-0.2, 0) is 14.2 Å². The van der Waals surface area contributed by atoms with Gasteiger partial charge in [-0.1, -0.05) is 35.4 Å². The number of carbonyl (C=O) groups is 2. The first-order chi connectivity index (χ1) is 26.7. The molecule has 1 aliphatic heterocycles. The van der Waals surface area contributed by atoms with Crippen LogP contribution in [0.3, 0.4) is 0 Å². The van der Waals surface area contributed by atoms with Gasteiger partial charge in [-0.25, -0.2) is 0 Å². The van der Waals surface area contributed by atoms with Gasteiger partial charge in [-0.15, -0.1) is 0 Å². The Morgan fingerprint density at radius 1 is 0.727 bits per heavy atom. The van der Waals surface area contributed by atoms with Crippen LogP contribution in [0.25, 0.3) is 6.08 Å². The molecular formula is C45H40GeN2O7.